The minimum atomic E-state index is -3.15. The van der Waals surface area contributed by atoms with E-state index in [-0.39, 0.29) is 11.8 Å². The monoisotopic (exact) mass is 319 g/mol. The predicted molar refractivity (Wildman–Crippen MR) is 85.3 cm³/mol. The molecule has 0 radical (unpaired) electrons. The van der Waals surface area contributed by atoms with Crippen molar-refractivity contribution in [2.45, 2.75) is 12.5 Å². The Morgan fingerprint density at radius 2 is 2.14 bits per heavy atom. The summed E-state index contributed by atoms with van der Waals surface area (Å²) in [4.78, 5) is 14.9. The molecule has 1 aromatic carbocycles. The van der Waals surface area contributed by atoms with Gasteiger partial charge in [-0.05, 0) is 24.1 Å². The molecule has 3 rings (SSSR count). The fourth-order valence-corrected chi connectivity index (χ4v) is 3.77. The van der Waals surface area contributed by atoms with E-state index >= 15 is 0 Å². The number of fused-ring (bicyclic) bond motifs is 1. The van der Waals surface area contributed by atoms with Gasteiger partial charge in [0.2, 0.25) is 0 Å². The van der Waals surface area contributed by atoms with Crippen molar-refractivity contribution in [2.24, 2.45) is 0 Å². The number of aromatic nitrogens is 1. The van der Waals surface area contributed by atoms with E-state index in [1.807, 2.05) is 30.5 Å². The number of amides is 2. The van der Waals surface area contributed by atoms with Gasteiger partial charge in [-0.3, -0.25) is 0 Å². The summed E-state index contributed by atoms with van der Waals surface area (Å²) < 4.78 is 22.5. The molecule has 0 aliphatic carbocycles. The number of aromatic amines is 1. The molecular formula is C15H17N3O3S. The minimum Gasteiger partial charge on any atom is -0.361 e. The van der Waals surface area contributed by atoms with Crippen LogP contribution in [0.3, 0.4) is 0 Å². The number of nitrogens with one attached hydrogen (secondary N) is 3. The first kappa shape index (κ1) is 14.6. The summed E-state index contributed by atoms with van der Waals surface area (Å²) in [5, 5.41) is 7.67. The number of urea groups is 1. The maximum Gasteiger partial charge on any atom is 0.315 e. The smallest absolute Gasteiger partial charge is 0.315 e. The second kappa shape index (κ2) is 5.84. The van der Waals surface area contributed by atoms with Gasteiger partial charge < -0.3 is 15.6 Å². The molecular weight excluding hydrogens is 302 g/mol. The number of carbonyl (C=O) groups excluding carboxylic acids is 1. The normalized spacial score (nSPS) is 19.4. The van der Waals surface area contributed by atoms with E-state index in [1.54, 1.807) is 0 Å². The van der Waals surface area contributed by atoms with Gasteiger partial charge in [0, 0.05) is 29.1 Å². The molecule has 1 aromatic heterocycles. The number of para-hydroxylation sites is 1. The van der Waals surface area contributed by atoms with E-state index in [4.69, 9.17) is 0 Å². The maximum absolute atomic E-state index is 11.7. The highest BCUT2D eigenvalue weighted by Crippen LogP contribution is 2.17. The minimum absolute atomic E-state index is 0.0666. The molecule has 2 heterocycles. The number of rotatable bonds is 4. The van der Waals surface area contributed by atoms with Crippen molar-refractivity contribution in [1.82, 2.24) is 15.6 Å². The third-order valence-electron chi connectivity index (χ3n) is 3.60. The fraction of sp³-hybridized carbons (Fsp3) is 0.267. The number of sulfone groups is 1. The fourth-order valence-electron chi connectivity index (χ4n) is 2.53. The summed E-state index contributed by atoms with van der Waals surface area (Å²) in [7, 11) is -3.15. The Kier molecular flexibility index (Phi) is 3.89. The molecule has 0 saturated heterocycles. The van der Waals surface area contributed by atoms with E-state index in [0.717, 1.165) is 21.9 Å². The molecule has 7 heteroatoms. The highest BCUT2D eigenvalue weighted by atomic mass is 32.2. The van der Waals surface area contributed by atoms with Gasteiger partial charge in [0.15, 0.2) is 9.84 Å². The lowest BCUT2D eigenvalue weighted by Gasteiger charge is -2.11. The quantitative estimate of drug-likeness (QED) is 0.794. The molecule has 3 N–H and O–H groups in total. The van der Waals surface area contributed by atoms with E-state index < -0.39 is 15.9 Å². The van der Waals surface area contributed by atoms with Crippen LogP contribution in [0.5, 0.6) is 0 Å². The largest absolute Gasteiger partial charge is 0.361 e. The molecule has 2 amide bonds. The van der Waals surface area contributed by atoms with Crippen molar-refractivity contribution in [3.05, 3.63) is 47.5 Å². The van der Waals surface area contributed by atoms with Crippen molar-refractivity contribution in [3.8, 4) is 0 Å². The summed E-state index contributed by atoms with van der Waals surface area (Å²) in [6.07, 6.45) is 4.14. The van der Waals surface area contributed by atoms with Gasteiger partial charge in [0.1, 0.15) is 0 Å². The molecule has 0 bridgehead atoms. The first-order valence-electron chi connectivity index (χ1n) is 7.04. The maximum atomic E-state index is 11.7. The number of hydrogen-bond acceptors (Lipinski definition) is 3. The predicted octanol–water partition coefficient (Wildman–Crippen LogP) is 1.32. The van der Waals surface area contributed by atoms with Crippen molar-refractivity contribution >= 4 is 26.8 Å². The number of hydrogen-bond donors (Lipinski definition) is 3. The van der Waals surface area contributed by atoms with E-state index in [2.05, 4.69) is 15.6 Å². The molecule has 116 valence electrons. The molecule has 0 fully saturated rings. The molecule has 0 spiro atoms. The molecule has 6 nitrogen and oxygen atoms in total. The second-order valence-electron chi connectivity index (χ2n) is 5.27. The molecule has 2 aromatic rings. The summed E-state index contributed by atoms with van der Waals surface area (Å²) >= 11 is 0. The number of benzene rings is 1. The Balaban J connectivity index is 1.49. The Hall–Kier alpha value is -2.28. The molecule has 0 unspecified atom stereocenters. The van der Waals surface area contributed by atoms with E-state index in [9.17, 15) is 13.2 Å². The van der Waals surface area contributed by atoms with Crippen LogP contribution >= 0.6 is 0 Å². The van der Waals surface area contributed by atoms with E-state index in [0.29, 0.717) is 13.0 Å². The highest BCUT2D eigenvalue weighted by molar-refractivity contribution is 7.94. The van der Waals surface area contributed by atoms with Gasteiger partial charge in [-0.1, -0.05) is 18.2 Å². The van der Waals surface area contributed by atoms with Crippen LogP contribution in [0.2, 0.25) is 0 Å². The first-order chi connectivity index (χ1) is 10.5. The van der Waals surface area contributed by atoms with Crippen LogP contribution in [0.25, 0.3) is 10.9 Å². The van der Waals surface area contributed by atoms with Crippen LogP contribution in [-0.2, 0) is 16.3 Å². The van der Waals surface area contributed by atoms with Crippen LogP contribution in [0.1, 0.15) is 5.56 Å². The topological polar surface area (TPSA) is 91.1 Å². The summed E-state index contributed by atoms with van der Waals surface area (Å²) in [6.45, 7) is 0.483. The van der Waals surface area contributed by atoms with E-state index in [1.165, 1.54) is 6.08 Å². The van der Waals surface area contributed by atoms with Gasteiger partial charge in [-0.15, -0.1) is 0 Å². The van der Waals surface area contributed by atoms with Crippen molar-refractivity contribution in [2.75, 3.05) is 12.3 Å². The summed E-state index contributed by atoms with van der Waals surface area (Å²) in [6, 6.07) is 7.19. The average Bonchev–Trinajstić information content (AvgIpc) is 3.03. The van der Waals surface area contributed by atoms with Gasteiger partial charge in [0.05, 0.1) is 11.8 Å². The lowest BCUT2D eigenvalue weighted by atomic mass is 10.1. The van der Waals surface area contributed by atoms with Gasteiger partial charge >= 0.3 is 6.03 Å². The molecule has 22 heavy (non-hydrogen) atoms. The zero-order valence-corrected chi connectivity index (χ0v) is 12.7. The lowest BCUT2D eigenvalue weighted by molar-refractivity contribution is 0.240. The number of carbonyl (C=O) groups is 1. The van der Waals surface area contributed by atoms with Gasteiger partial charge in [0.25, 0.3) is 0 Å². The average molecular weight is 319 g/mol. The molecule has 1 aliphatic heterocycles. The Morgan fingerprint density at radius 3 is 2.91 bits per heavy atom. The Morgan fingerprint density at radius 1 is 1.32 bits per heavy atom. The lowest BCUT2D eigenvalue weighted by Crippen LogP contribution is -2.43. The second-order valence-corrected chi connectivity index (χ2v) is 7.21. The number of H-pyrrole nitrogens is 1. The van der Waals surface area contributed by atoms with Crippen LogP contribution in [-0.4, -0.2) is 37.8 Å². The Labute approximate surface area is 128 Å². The Bertz CT molecular complexity index is 823. The van der Waals surface area contributed by atoms with Crippen molar-refractivity contribution in [1.29, 1.82) is 0 Å². The zero-order valence-electron chi connectivity index (χ0n) is 11.9. The zero-order chi connectivity index (χ0) is 15.6. The van der Waals surface area contributed by atoms with Crippen molar-refractivity contribution < 1.29 is 13.2 Å². The molecule has 0 saturated carbocycles. The summed E-state index contributed by atoms with van der Waals surface area (Å²) in [5.41, 5.74) is 2.21. The van der Waals surface area contributed by atoms with Crippen molar-refractivity contribution in [3.63, 3.8) is 0 Å². The van der Waals surface area contributed by atoms with Gasteiger partial charge in [-0.2, -0.15) is 0 Å². The van der Waals surface area contributed by atoms with Crippen LogP contribution in [0.15, 0.2) is 41.9 Å². The van der Waals surface area contributed by atoms with Crippen LogP contribution in [0.4, 0.5) is 4.79 Å². The molecule has 1 atom stereocenters. The first-order valence-corrected chi connectivity index (χ1v) is 8.75. The SMILES string of the molecule is O=C(NCCc1c[nH]c2ccccc12)N[C@H]1C=CS(=O)(=O)C1. The highest BCUT2D eigenvalue weighted by Gasteiger charge is 2.22. The van der Waals surface area contributed by atoms with Crippen LogP contribution in [0, 0.1) is 0 Å². The molecule has 1 aliphatic rings. The van der Waals surface area contributed by atoms with Crippen LogP contribution < -0.4 is 10.6 Å². The summed E-state index contributed by atoms with van der Waals surface area (Å²) in [5.74, 6) is -0.0666. The standard InChI is InChI=1S/C15H17N3O3S/c19-15(18-12-6-8-22(20,21)10-12)16-7-5-11-9-17-14-4-2-1-3-13(11)14/h1-4,6,8-9,12,17H,5,7,10H2,(H2,16,18,19)/t12-/m0/s1. The third kappa shape index (κ3) is 3.30. The third-order valence-corrected chi connectivity index (χ3v) is 5.00. The van der Waals surface area contributed by atoms with Gasteiger partial charge in [-0.25, -0.2) is 13.2 Å².